The van der Waals surface area contributed by atoms with Crippen LogP contribution in [0.1, 0.15) is 26.2 Å². The topological polar surface area (TPSA) is 75.4 Å². The predicted molar refractivity (Wildman–Crippen MR) is 78.4 cm³/mol. The van der Waals surface area contributed by atoms with E-state index in [1.54, 1.807) is 12.1 Å². The average molecular weight is 304 g/mol. The Morgan fingerprint density at radius 3 is 2.79 bits per heavy atom. The summed E-state index contributed by atoms with van der Waals surface area (Å²) in [6.07, 6.45) is 2.84. The highest BCUT2D eigenvalue weighted by molar-refractivity contribution is 7.90. The largest absolute Gasteiger partial charge is 0.399 e. The second kappa shape index (κ2) is 5.56. The highest BCUT2D eigenvalue weighted by Gasteiger charge is 2.29. The Morgan fingerprint density at radius 2 is 2.16 bits per heavy atom. The number of nitrogen functional groups attached to an aromatic ring is 1. The van der Waals surface area contributed by atoms with Gasteiger partial charge in [-0.25, -0.2) is 0 Å². The molecule has 1 fully saturated rings. The monoisotopic (exact) mass is 303 g/mol. The summed E-state index contributed by atoms with van der Waals surface area (Å²) in [7, 11) is -3.56. The molecule has 1 aliphatic heterocycles. The first kappa shape index (κ1) is 14.4. The zero-order valence-electron chi connectivity index (χ0n) is 10.8. The normalized spacial score (nSPS) is 21.3. The van der Waals surface area contributed by atoms with Crippen LogP contribution >= 0.6 is 11.6 Å². The molecule has 1 heterocycles. The van der Waals surface area contributed by atoms with Crippen molar-refractivity contribution in [2.45, 2.75) is 32.2 Å². The van der Waals surface area contributed by atoms with Crippen LogP contribution in [0.3, 0.4) is 0 Å². The average Bonchev–Trinajstić information content (AvgIpc) is 2.33. The van der Waals surface area contributed by atoms with Crippen molar-refractivity contribution in [2.75, 3.05) is 17.0 Å². The fraction of sp³-hybridized carbons (Fsp3) is 0.500. The van der Waals surface area contributed by atoms with Crippen LogP contribution in [-0.4, -0.2) is 25.3 Å². The first-order valence-corrected chi connectivity index (χ1v) is 8.06. The second-order valence-corrected chi connectivity index (χ2v) is 6.83. The predicted octanol–water partition coefficient (Wildman–Crippen LogP) is 2.45. The van der Waals surface area contributed by atoms with Gasteiger partial charge in [0.1, 0.15) is 0 Å². The molecule has 1 unspecified atom stereocenters. The maximum absolute atomic E-state index is 12.3. The summed E-state index contributed by atoms with van der Waals surface area (Å²) < 4.78 is 28.7. The van der Waals surface area contributed by atoms with Crippen molar-refractivity contribution in [2.24, 2.45) is 0 Å². The zero-order valence-corrected chi connectivity index (χ0v) is 12.3. The molecule has 1 aromatic rings. The fourth-order valence-electron chi connectivity index (χ4n) is 2.24. The Hall–Kier alpha value is -0.980. The van der Waals surface area contributed by atoms with Crippen LogP contribution in [0.5, 0.6) is 0 Å². The molecule has 7 heteroatoms. The van der Waals surface area contributed by atoms with Gasteiger partial charge in [-0.2, -0.15) is 12.7 Å². The van der Waals surface area contributed by atoms with E-state index in [9.17, 15) is 8.42 Å². The van der Waals surface area contributed by atoms with E-state index in [1.165, 1.54) is 10.4 Å². The summed E-state index contributed by atoms with van der Waals surface area (Å²) in [6.45, 7) is 2.46. The molecule has 1 saturated heterocycles. The summed E-state index contributed by atoms with van der Waals surface area (Å²) in [6, 6.07) is 4.73. The molecule has 1 atom stereocenters. The molecular weight excluding hydrogens is 286 g/mol. The van der Waals surface area contributed by atoms with Gasteiger partial charge in [0.2, 0.25) is 0 Å². The molecule has 0 aliphatic carbocycles. The van der Waals surface area contributed by atoms with Crippen LogP contribution in [-0.2, 0) is 10.2 Å². The standard InChI is InChI=1S/C12H18ClN3O2S/c1-9-4-2-3-7-16(9)19(17,18)15-12-6-5-10(14)8-11(12)13/h5-6,8-9,15H,2-4,7,14H2,1H3. The van der Waals surface area contributed by atoms with Gasteiger partial charge >= 0.3 is 10.2 Å². The summed E-state index contributed by atoms with van der Waals surface area (Å²) in [4.78, 5) is 0. The van der Waals surface area contributed by atoms with Gasteiger partial charge in [-0.15, -0.1) is 0 Å². The first-order chi connectivity index (χ1) is 8.90. The van der Waals surface area contributed by atoms with E-state index in [0.717, 1.165) is 19.3 Å². The number of nitrogens with two attached hydrogens (primary N) is 1. The third-order valence-corrected chi connectivity index (χ3v) is 5.23. The molecule has 19 heavy (non-hydrogen) atoms. The van der Waals surface area contributed by atoms with Crippen LogP contribution in [0.25, 0.3) is 0 Å². The quantitative estimate of drug-likeness (QED) is 0.842. The highest BCUT2D eigenvalue weighted by Crippen LogP contribution is 2.27. The van der Waals surface area contributed by atoms with E-state index < -0.39 is 10.2 Å². The van der Waals surface area contributed by atoms with Crippen molar-refractivity contribution >= 4 is 33.2 Å². The molecule has 0 spiro atoms. The summed E-state index contributed by atoms with van der Waals surface area (Å²) >= 11 is 5.99. The zero-order chi connectivity index (χ0) is 14.0. The summed E-state index contributed by atoms with van der Waals surface area (Å²) in [5.74, 6) is 0. The van der Waals surface area contributed by atoms with Gasteiger partial charge in [-0.1, -0.05) is 18.0 Å². The molecule has 0 aromatic heterocycles. The highest BCUT2D eigenvalue weighted by atomic mass is 35.5. The fourth-order valence-corrected chi connectivity index (χ4v) is 4.05. The molecule has 5 nitrogen and oxygen atoms in total. The van der Waals surface area contributed by atoms with Crippen LogP contribution in [0.15, 0.2) is 18.2 Å². The number of nitrogens with zero attached hydrogens (tertiary/aromatic N) is 1. The summed E-state index contributed by atoms with van der Waals surface area (Å²) in [5, 5.41) is 0.299. The molecule has 0 bridgehead atoms. The second-order valence-electron chi connectivity index (χ2n) is 4.80. The Kier molecular flexibility index (Phi) is 4.23. The van der Waals surface area contributed by atoms with Crippen LogP contribution in [0.2, 0.25) is 5.02 Å². The first-order valence-electron chi connectivity index (χ1n) is 6.25. The maximum Gasteiger partial charge on any atom is 0.301 e. The van der Waals surface area contributed by atoms with Gasteiger partial charge < -0.3 is 5.73 Å². The molecule has 1 aromatic carbocycles. The third-order valence-electron chi connectivity index (χ3n) is 3.28. The third kappa shape index (κ3) is 3.32. The van der Waals surface area contributed by atoms with Crippen molar-refractivity contribution < 1.29 is 8.42 Å². The van der Waals surface area contributed by atoms with Gasteiger partial charge in [-0.05, 0) is 38.0 Å². The molecule has 0 saturated carbocycles. The van der Waals surface area contributed by atoms with Gasteiger partial charge in [-0.3, -0.25) is 4.72 Å². The molecule has 3 N–H and O–H groups in total. The lowest BCUT2D eigenvalue weighted by atomic mass is 10.1. The minimum atomic E-state index is -3.56. The van der Waals surface area contributed by atoms with Crippen LogP contribution in [0.4, 0.5) is 11.4 Å². The molecule has 2 rings (SSSR count). The lowest BCUT2D eigenvalue weighted by molar-refractivity contribution is 0.270. The van der Waals surface area contributed by atoms with Crippen molar-refractivity contribution in [3.05, 3.63) is 23.2 Å². The van der Waals surface area contributed by atoms with E-state index in [4.69, 9.17) is 17.3 Å². The van der Waals surface area contributed by atoms with Crippen LogP contribution < -0.4 is 10.5 Å². The van der Waals surface area contributed by atoms with Crippen LogP contribution in [0, 0.1) is 0 Å². The number of piperidine rings is 1. The van der Waals surface area contributed by atoms with Gasteiger partial charge in [0.05, 0.1) is 10.7 Å². The Morgan fingerprint density at radius 1 is 1.42 bits per heavy atom. The molecule has 1 aliphatic rings. The number of benzene rings is 1. The van der Waals surface area contributed by atoms with Crippen molar-refractivity contribution in [3.8, 4) is 0 Å². The van der Waals surface area contributed by atoms with E-state index >= 15 is 0 Å². The summed E-state index contributed by atoms with van der Waals surface area (Å²) in [5.41, 5.74) is 6.44. The SMILES string of the molecule is CC1CCCCN1S(=O)(=O)Nc1ccc(N)cc1Cl. The van der Waals surface area contributed by atoms with Gasteiger partial charge in [0.15, 0.2) is 0 Å². The van der Waals surface area contributed by atoms with Crippen molar-refractivity contribution in [1.82, 2.24) is 4.31 Å². The number of nitrogens with one attached hydrogen (secondary N) is 1. The maximum atomic E-state index is 12.3. The number of anilines is 2. The Balaban J connectivity index is 2.20. The molecule has 106 valence electrons. The molecular formula is C12H18ClN3O2S. The van der Waals surface area contributed by atoms with E-state index in [-0.39, 0.29) is 6.04 Å². The number of hydrogen-bond donors (Lipinski definition) is 2. The number of rotatable bonds is 3. The van der Waals surface area contributed by atoms with E-state index in [1.807, 2.05) is 6.92 Å². The van der Waals surface area contributed by atoms with Gasteiger partial charge in [0.25, 0.3) is 0 Å². The Bertz CT molecular complexity index is 562. The van der Waals surface area contributed by atoms with E-state index in [0.29, 0.717) is 22.9 Å². The van der Waals surface area contributed by atoms with Crippen molar-refractivity contribution in [1.29, 1.82) is 0 Å². The smallest absolute Gasteiger partial charge is 0.301 e. The molecule has 0 amide bonds. The number of hydrogen-bond acceptors (Lipinski definition) is 3. The minimum absolute atomic E-state index is 0.0128. The van der Waals surface area contributed by atoms with Crippen molar-refractivity contribution in [3.63, 3.8) is 0 Å². The number of halogens is 1. The van der Waals surface area contributed by atoms with E-state index in [2.05, 4.69) is 4.72 Å². The minimum Gasteiger partial charge on any atom is -0.399 e. The lowest BCUT2D eigenvalue weighted by Crippen LogP contribution is -2.44. The molecule has 0 radical (unpaired) electrons. The van der Waals surface area contributed by atoms with Gasteiger partial charge in [0, 0.05) is 18.3 Å². The lowest BCUT2D eigenvalue weighted by Gasteiger charge is -2.32. The Labute approximate surface area is 118 Å².